The van der Waals surface area contributed by atoms with Crippen molar-refractivity contribution in [1.29, 1.82) is 0 Å². The number of urea groups is 1. The molecule has 2 unspecified atom stereocenters. The largest absolute Gasteiger partial charge is 0.381 e. The number of halogens is 2. The molecule has 1 saturated carbocycles. The van der Waals surface area contributed by atoms with Crippen molar-refractivity contribution < 1.29 is 9.53 Å². The Bertz CT molecular complexity index is 632. The molecule has 0 spiro atoms. The van der Waals surface area contributed by atoms with Gasteiger partial charge in [0.15, 0.2) is 0 Å². The predicted octanol–water partition coefficient (Wildman–Crippen LogP) is 2.91. The van der Waals surface area contributed by atoms with E-state index in [0.29, 0.717) is 27.9 Å². The first-order valence-electron chi connectivity index (χ1n) is 8.46. The van der Waals surface area contributed by atoms with Crippen LogP contribution in [0, 0.1) is 11.8 Å². The summed E-state index contributed by atoms with van der Waals surface area (Å²) in [6.45, 7) is 3.25. The third-order valence-corrected chi connectivity index (χ3v) is 5.79. The molecule has 3 aliphatic rings. The molecule has 4 atom stereocenters. The number of carbonyl (C=O) groups excluding carboxylic acids is 1. The van der Waals surface area contributed by atoms with Crippen LogP contribution in [0.15, 0.2) is 18.2 Å². The van der Waals surface area contributed by atoms with E-state index in [1.165, 1.54) is 0 Å². The highest BCUT2D eigenvalue weighted by Crippen LogP contribution is 2.44. The summed E-state index contributed by atoms with van der Waals surface area (Å²) in [4.78, 5) is 14.4. The number of nitrogens with zero attached hydrogens (tertiary/aromatic N) is 1. The van der Waals surface area contributed by atoms with Gasteiger partial charge in [-0.25, -0.2) is 4.79 Å². The summed E-state index contributed by atoms with van der Waals surface area (Å²) in [6, 6.07) is 5.91. The Morgan fingerprint density at radius 3 is 2.75 bits per heavy atom. The molecule has 1 aliphatic carbocycles. The summed E-state index contributed by atoms with van der Waals surface area (Å²) < 4.78 is 5.35. The minimum Gasteiger partial charge on any atom is -0.381 e. The minimum absolute atomic E-state index is 0.0662. The third-order valence-electron chi connectivity index (χ3n) is 5.26. The van der Waals surface area contributed by atoms with Crippen LogP contribution in [0.25, 0.3) is 0 Å². The molecule has 2 N–H and O–H groups in total. The van der Waals surface area contributed by atoms with Crippen LogP contribution < -0.4 is 15.5 Å². The van der Waals surface area contributed by atoms with Crippen LogP contribution in [0.5, 0.6) is 0 Å². The first-order valence-corrected chi connectivity index (χ1v) is 9.22. The lowest BCUT2D eigenvalue weighted by Crippen LogP contribution is -2.51. The second-order valence-corrected chi connectivity index (χ2v) is 7.73. The monoisotopic (exact) mass is 369 g/mol. The fourth-order valence-corrected chi connectivity index (χ4v) is 4.41. The van der Waals surface area contributed by atoms with E-state index < -0.39 is 0 Å². The van der Waals surface area contributed by atoms with Gasteiger partial charge in [0.2, 0.25) is 0 Å². The molecule has 24 heavy (non-hydrogen) atoms. The van der Waals surface area contributed by atoms with E-state index in [1.807, 2.05) is 12.1 Å². The maximum absolute atomic E-state index is 12.2. The van der Waals surface area contributed by atoms with Gasteiger partial charge < -0.3 is 20.3 Å². The Morgan fingerprint density at radius 2 is 2.00 bits per heavy atom. The van der Waals surface area contributed by atoms with E-state index in [0.717, 1.165) is 44.8 Å². The normalized spacial score (nSPS) is 31.5. The number of piperidine rings is 1. The van der Waals surface area contributed by atoms with Gasteiger partial charge in [-0.2, -0.15) is 0 Å². The van der Waals surface area contributed by atoms with Crippen molar-refractivity contribution in [2.45, 2.75) is 24.9 Å². The van der Waals surface area contributed by atoms with Crippen molar-refractivity contribution in [3.63, 3.8) is 0 Å². The second kappa shape index (κ2) is 6.62. The third kappa shape index (κ3) is 3.30. The lowest BCUT2D eigenvalue weighted by molar-refractivity contribution is 0.156. The number of nitrogens with one attached hydrogen (secondary N) is 2. The van der Waals surface area contributed by atoms with Crippen molar-refractivity contribution in [3.8, 4) is 0 Å². The minimum atomic E-state index is -0.0662. The Hall–Kier alpha value is -1.17. The first kappa shape index (κ1) is 16.3. The maximum Gasteiger partial charge on any atom is 0.315 e. The molecule has 2 saturated heterocycles. The van der Waals surface area contributed by atoms with Crippen molar-refractivity contribution >= 4 is 34.9 Å². The summed E-state index contributed by atoms with van der Waals surface area (Å²) in [6.07, 6.45) is 2.00. The summed E-state index contributed by atoms with van der Waals surface area (Å²) in [5, 5.41) is 7.48. The highest BCUT2D eigenvalue weighted by atomic mass is 35.5. The van der Waals surface area contributed by atoms with Crippen molar-refractivity contribution in [1.82, 2.24) is 10.6 Å². The SMILES string of the molecule is O=C(NC1CCCN(c2ccc(Cl)cc2Cl)C1)NC1[C@H]2COC[C@@H]12. The quantitative estimate of drug-likeness (QED) is 0.860. The number of fused-ring (bicyclic) bond motifs is 1. The Kier molecular flexibility index (Phi) is 4.50. The summed E-state index contributed by atoms with van der Waals surface area (Å²) in [5.74, 6) is 1.04. The zero-order chi connectivity index (χ0) is 16.7. The summed E-state index contributed by atoms with van der Waals surface area (Å²) in [7, 11) is 0. The molecule has 0 aromatic heterocycles. The number of hydrogen-bond donors (Lipinski definition) is 2. The highest BCUT2D eigenvalue weighted by molar-refractivity contribution is 6.36. The number of amides is 2. The maximum atomic E-state index is 12.2. The molecule has 7 heteroatoms. The van der Waals surface area contributed by atoms with E-state index in [2.05, 4.69) is 15.5 Å². The number of benzene rings is 1. The van der Waals surface area contributed by atoms with E-state index in [9.17, 15) is 4.79 Å². The zero-order valence-electron chi connectivity index (χ0n) is 13.3. The Morgan fingerprint density at radius 1 is 1.21 bits per heavy atom. The fourth-order valence-electron chi connectivity index (χ4n) is 3.88. The van der Waals surface area contributed by atoms with Crippen LogP contribution in [0.2, 0.25) is 10.0 Å². The van der Waals surface area contributed by atoms with Gasteiger partial charge in [-0.05, 0) is 31.0 Å². The molecule has 0 radical (unpaired) electrons. The lowest BCUT2D eigenvalue weighted by Gasteiger charge is -2.35. The standard InChI is InChI=1S/C17H21Cl2N3O2/c18-10-3-4-15(14(19)6-10)22-5-1-2-11(7-22)20-17(23)21-16-12-8-24-9-13(12)16/h3-4,6,11-13,16H,1-2,5,7-9H2,(H2,20,21,23)/t11?,12-,13+,16?. The highest BCUT2D eigenvalue weighted by Gasteiger charge is 2.54. The molecule has 5 nitrogen and oxygen atoms in total. The molecular weight excluding hydrogens is 349 g/mol. The number of rotatable bonds is 3. The lowest BCUT2D eigenvalue weighted by atomic mass is 10.0. The van der Waals surface area contributed by atoms with E-state index in [1.54, 1.807) is 6.07 Å². The van der Waals surface area contributed by atoms with Crippen LogP contribution in [-0.2, 0) is 4.74 Å². The van der Waals surface area contributed by atoms with Gasteiger partial charge in [0.25, 0.3) is 0 Å². The van der Waals surface area contributed by atoms with Gasteiger partial charge in [-0.1, -0.05) is 23.2 Å². The number of hydrogen-bond acceptors (Lipinski definition) is 3. The Balaban J connectivity index is 1.32. The molecule has 130 valence electrons. The summed E-state index contributed by atoms with van der Waals surface area (Å²) >= 11 is 12.3. The number of ether oxygens (including phenoxy) is 1. The number of carbonyl (C=O) groups is 1. The van der Waals surface area contributed by atoms with Crippen LogP contribution in [0.4, 0.5) is 10.5 Å². The predicted molar refractivity (Wildman–Crippen MR) is 95.0 cm³/mol. The smallest absolute Gasteiger partial charge is 0.315 e. The van der Waals surface area contributed by atoms with Gasteiger partial charge in [-0.3, -0.25) is 0 Å². The molecule has 2 amide bonds. The molecule has 2 aliphatic heterocycles. The van der Waals surface area contributed by atoms with Gasteiger partial charge in [0.1, 0.15) is 0 Å². The van der Waals surface area contributed by atoms with Crippen LogP contribution >= 0.6 is 23.2 Å². The van der Waals surface area contributed by atoms with Crippen molar-refractivity contribution in [2.24, 2.45) is 11.8 Å². The molecule has 1 aromatic carbocycles. The molecule has 1 aromatic rings. The van der Waals surface area contributed by atoms with Gasteiger partial charge >= 0.3 is 6.03 Å². The average molecular weight is 370 g/mol. The van der Waals surface area contributed by atoms with Crippen LogP contribution in [-0.4, -0.2) is 44.4 Å². The molecule has 0 bridgehead atoms. The zero-order valence-corrected chi connectivity index (χ0v) is 14.8. The average Bonchev–Trinajstić information content (AvgIpc) is 2.97. The first-order chi connectivity index (χ1) is 11.6. The summed E-state index contributed by atoms with van der Waals surface area (Å²) in [5.41, 5.74) is 0.974. The molecule has 2 heterocycles. The number of anilines is 1. The van der Waals surface area contributed by atoms with Crippen LogP contribution in [0.3, 0.4) is 0 Å². The topological polar surface area (TPSA) is 53.6 Å². The van der Waals surface area contributed by atoms with Gasteiger partial charge in [0, 0.05) is 42.0 Å². The molecule has 3 fully saturated rings. The van der Waals surface area contributed by atoms with Gasteiger partial charge in [-0.15, -0.1) is 0 Å². The van der Waals surface area contributed by atoms with Crippen molar-refractivity contribution in [2.75, 3.05) is 31.2 Å². The Labute approximate surface area is 151 Å². The molecule has 4 rings (SSSR count). The van der Waals surface area contributed by atoms with Gasteiger partial charge in [0.05, 0.1) is 23.9 Å². The van der Waals surface area contributed by atoms with Crippen LogP contribution in [0.1, 0.15) is 12.8 Å². The molecular formula is C17H21Cl2N3O2. The van der Waals surface area contributed by atoms with E-state index in [4.69, 9.17) is 27.9 Å². The van der Waals surface area contributed by atoms with Crippen molar-refractivity contribution in [3.05, 3.63) is 28.2 Å². The fraction of sp³-hybridized carbons (Fsp3) is 0.588. The van der Waals surface area contributed by atoms with E-state index >= 15 is 0 Å². The van der Waals surface area contributed by atoms with E-state index in [-0.39, 0.29) is 12.1 Å². The second-order valence-electron chi connectivity index (χ2n) is 6.89.